The van der Waals surface area contributed by atoms with E-state index in [-0.39, 0.29) is 17.9 Å². The molecule has 0 rings (SSSR count). The van der Waals surface area contributed by atoms with Crippen LogP contribution in [0.25, 0.3) is 0 Å². The Morgan fingerprint density at radius 3 is 2.38 bits per heavy atom. The van der Waals surface area contributed by atoms with Crippen LogP contribution in [0.15, 0.2) is 0 Å². The third-order valence-electron chi connectivity index (χ3n) is 2.79. The van der Waals surface area contributed by atoms with E-state index in [1.54, 1.807) is 11.9 Å². The fourth-order valence-corrected chi connectivity index (χ4v) is 1.64. The zero-order valence-corrected chi connectivity index (χ0v) is 10.7. The highest BCUT2D eigenvalue weighted by Crippen LogP contribution is 2.15. The number of carbonyl (C=O) groups excluding carboxylic acids is 1. The van der Waals surface area contributed by atoms with Gasteiger partial charge in [0.2, 0.25) is 5.91 Å². The van der Waals surface area contributed by atoms with Gasteiger partial charge in [-0.05, 0) is 19.3 Å². The lowest BCUT2D eigenvalue weighted by molar-refractivity contribution is -0.136. The molecule has 0 aromatic heterocycles. The molecule has 0 aliphatic heterocycles. The Morgan fingerprint density at radius 1 is 1.44 bits per heavy atom. The Labute approximate surface area is 98.4 Å². The standard InChI is InChI=1S/C12H23N3O/c1-9(2)7-11(8-14)12(16)15(4)10(3)5-6-13/h9-11H,5,7-8,14H2,1-4H3. The molecule has 1 amide bonds. The quantitative estimate of drug-likeness (QED) is 0.742. The first-order chi connectivity index (χ1) is 7.43. The predicted molar refractivity (Wildman–Crippen MR) is 64.5 cm³/mol. The summed E-state index contributed by atoms with van der Waals surface area (Å²) in [5.41, 5.74) is 5.62. The maximum atomic E-state index is 12.1. The number of carbonyl (C=O) groups is 1. The second-order valence-corrected chi connectivity index (χ2v) is 4.72. The van der Waals surface area contributed by atoms with Gasteiger partial charge in [-0.25, -0.2) is 0 Å². The molecule has 2 N–H and O–H groups in total. The van der Waals surface area contributed by atoms with E-state index in [2.05, 4.69) is 19.9 Å². The highest BCUT2D eigenvalue weighted by Gasteiger charge is 2.24. The fraction of sp³-hybridized carbons (Fsp3) is 0.833. The lowest BCUT2D eigenvalue weighted by Gasteiger charge is -2.28. The Hall–Kier alpha value is -1.08. The molecule has 0 saturated carbocycles. The molecule has 0 saturated heterocycles. The predicted octanol–water partition coefficient (Wildman–Crippen LogP) is 1.37. The average Bonchev–Trinajstić information content (AvgIpc) is 2.23. The molecule has 0 aliphatic carbocycles. The summed E-state index contributed by atoms with van der Waals surface area (Å²) < 4.78 is 0. The number of hydrogen-bond donors (Lipinski definition) is 1. The molecule has 0 fully saturated rings. The minimum absolute atomic E-state index is 0.0429. The molecule has 4 heteroatoms. The topological polar surface area (TPSA) is 70.1 Å². The zero-order valence-electron chi connectivity index (χ0n) is 10.7. The maximum absolute atomic E-state index is 12.1. The summed E-state index contributed by atoms with van der Waals surface area (Å²) >= 11 is 0. The van der Waals surface area contributed by atoms with Gasteiger partial charge in [-0.1, -0.05) is 13.8 Å². The van der Waals surface area contributed by atoms with Crippen molar-refractivity contribution in [3.63, 3.8) is 0 Å². The summed E-state index contributed by atoms with van der Waals surface area (Å²) in [7, 11) is 1.74. The summed E-state index contributed by atoms with van der Waals surface area (Å²) in [6.45, 7) is 6.41. The van der Waals surface area contributed by atoms with E-state index >= 15 is 0 Å². The van der Waals surface area contributed by atoms with Gasteiger partial charge in [0.1, 0.15) is 0 Å². The summed E-state index contributed by atoms with van der Waals surface area (Å²) in [6.07, 6.45) is 1.17. The van der Waals surface area contributed by atoms with Crippen LogP contribution in [0.1, 0.15) is 33.6 Å². The summed E-state index contributed by atoms with van der Waals surface area (Å²) in [5, 5.41) is 8.60. The van der Waals surface area contributed by atoms with Crippen LogP contribution in [0.3, 0.4) is 0 Å². The minimum atomic E-state index is -0.119. The summed E-state index contributed by atoms with van der Waals surface area (Å²) in [4.78, 5) is 13.7. The Kier molecular flexibility index (Phi) is 6.75. The number of amides is 1. The lowest BCUT2D eigenvalue weighted by atomic mass is 9.95. The molecular weight excluding hydrogens is 202 g/mol. The van der Waals surface area contributed by atoms with Crippen molar-refractivity contribution in [1.29, 1.82) is 5.26 Å². The van der Waals surface area contributed by atoms with Crippen LogP contribution in [0.4, 0.5) is 0 Å². The first-order valence-electron chi connectivity index (χ1n) is 5.77. The third-order valence-corrected chi connectivity index (χ3v) is 2.79. The molecule has 0 aromatic carbocycles. The van der Waals surface area contributed by atoms with E-state index in [4.69, 9.17) is 11.0 Å². The molecule has 0 aliphatic rings. The van der Waals surface area contributed by atoms with Crippen LogP contribution in [-0.4, -0.2) is 30.4 Å². The van der Waals surface area contributed by atoms with Crippen LogP contribution >= 0.6 is 0 Å². The van der Waals surface area contributed by atoms with Gasteiger partial charge in [0, 0.05) is 19.6 Å². The Bertz CT molecular complexity index is 257. The third kappa shape index (κ3) is 4.63. The highest BCUT2D eigenvalue weighted by atomic mass is 16.2. The van der Waals surface area contributed by atoms with Crippen molar-refractivity contribution in [3.8, 4) is 6.07 Å². The van der Waals surface area contributed by atoms with E-state index in [0.29, 0.717) is 18.9 Å². The highest BCUT2D eigenvalue weighted by molar-refractivity contribution is 5.79. The van der Waals surface area contributed by atoms with Gasteiger partial charge < -0.3 is 10.6 Å². The minimum Gasteiger partial charge on any atom is -0.342 e. The number of nitrogens with two attached hydrogens (primary N) is 1. The first-order valence-corrected chi connectivity index (χ1v) is 5.77. The molecule has 4 nitrogen and oxygen atoms in total. The first kappa shape index (κ1) is 14.9. The average molecular weight is 225 g/mol. The van der Waals surface area contributed by atoms with Gasteiger partial charge in [0.15, 0.2) is 0 Å². The van der Waals surface area contributed by atoms with Crippen LogP contribution in [0, 0.1) is 23.2 Å². The van der Waals surface area contributed by atoms with Crippen LogP contribution in [0.5, 0.6) is 0 Å². The Morgan fingerprint density at radius 2 is 2.00 bits per heavy atom. The van der Waals surface area contributed by atoms with Crippen LogP contribution in [-0.2, 0) is 4.79 Å². The van der Waals surface area contributed by atoms with Crippen LogP contribution < -0.4 is 5.73 Å². The normalized spacial score (nSPS) is 14.3. The molecule has 0 aromatic rings. The largest absolute Gasteiger partial charge is 0.342 e. The molecule has 92 valence electrons. The van der Waals surface area contributed by atoms with Gasteiger partial charge in [0.25, 0.3) is 0 Å². The van der Waals surface area contributed by atoms with Gasteiger partial charge in [-0.15, -0.1) is 0 Å². The number of nitrogens with zero attached hydrogens (tertiary/aromatic N) is 2. The maximum Gasteiger partial charge on any atom is 0.226 e. The Balaban J connectivity index is 4.44. The van der Waals surface area contributed by atoms with Crippen LogP contribution in [0.2, 0.25) is 0 Å². The molecular formula is C12H23N3O. The SMILES string of the molecule is CC(C)CC(CN)C(=O)N(C)C(C)CC#N. The van der Waals surface area contributed by atoms with Crippen molar-refractivity contribution in [2.75, 3.05) is 13.6 Å². The van der Waals surface area contributed by atoms with E-state index in [0.717, 1.165) is 6.42 Å². The van der Waals surface area contributed by atoms with E-state index in [9.17, 15) is 4.79 Å². The molecule has 16 heavy (non-hydrogen) atoms. The number of rotatable bonds is 6. The molecule has 2 unspecified atom stereocenters. The van der Waals surface area contributed by atoms with Gasteiger partial charge in [0.05, 0.1) is 18.4 Å². The van der Waals surface area contributed by atoms with Crippen molar-refractivity contribution in [1.82, 2.24) is 4.90 Å². The smallest absolute Gasteiger partial charge is 0.226 e. The van der Waals surface area contributed by atoms with Crippen molar-refractivity contribution < 1.29 is 4.79 Å². The van der Waals surface area contributed by atoms with Gasteiger partial charge >= 0.3 is 0 Å². The number of hydrogen-bond acceptors (Lipinski definition) is 3. The second-order valence-electron chi connectivity index (χ2n) is 4.72. The van der Waals surface area contributed by atoms with E-state index in [1.165, 1.54) is 0 Å². The molecule has 2 atom stereocenters. The van der Waals surface area contributed by atoms with E-state index in [1.807, 2.05) is 6.92 Å². The lowest BCUT2D eigenvalue weighted by Crippen LogP contribution is -2.41. The van der Waals surface area contributed by atoms with Crippen molar-refractivity contribution in [2.45, 2.75) is 39.7 Å². The number of nitriles is 1. The van der Waals surface area contributed by atoms with Gasteiger partial charge in [-0.3, -0.25) is 4.79 Å². The summed E-state index contributed by atoms with van der Waals surface area (Å²) in [5.74, 6) is 0.391. The summed E-state index contributed by atoms with van der Waals surface area (Å²) in [6, 6.07) is 2.03. The second kappa shape index (κ2) is 7.24. The molecule has 0 bridgehead atoms. The van der Waals surface area contributed by atoms with Gasteiger partial charge in [-0.2, -0.15) is 5.26 Å². The molecule has 0 heterocycles. The van der Waals surface area contributed by atoms with Crippen molar-refractivity contribution >= 4 is 5.91 Å². The van der Waals surface area contributed by atoms with E-state index < -0.39 is 0 Å². The molecule has 0 radical (unpaired) electrons. The van der Waals surface area contributed by atoms with Crippen molar-refractivity contribution in [3.05, 3.63) is 0 Å². The van der Waals surface area contributed by atoms with Crippen molar-refractivity contribution in [2.24, 2.45) is 17.6 Å². The fourth-order valence-electron chi connectivity index (χ4n) is 1.64. The zero-order chi connectivity index (χ0) is 12.7. The molecule has 0 spiro atoms. The monoisotopic (exact) mass is 225 g/mol.